The van der Waals surface area contributed by atoms with Gasteiger partial charge in [-0.15, -0.1) is 0 Å². The molecule has 17 heavy (non-hydrogen) atoms. The van der Waals surface area contributed by atoms with E-state index in [0.29, 0.717) is 5.19 Å². The largest absolute Gasteiger partial charge is 0.478 e. The molecule has 4 heteroatoms. The van der Waals surface area contributed by atoms with Crippen LogP contribution in [0.25, 0.3) is 0 Å². The van der Waals surface area contributed by atoms with Crippen molar-refractivity contribution in [3.63, 3.8) is 0 Å². The normalized spacial score (nSPS) is 12.2. The Balaban J connectivity index is 3.17. The molecule has 0 spiro atoms. The van der Waals surface area contributed by atoms with Gasteiger partial charge in [0.05, 0.1) is 5.56 Å². The molecule has 94 valence electrons. The molecule has 1 N–H and O–H groups in total. The number of hydrogen-bond acceptors (Lipinski definition) is 1. The zero-order chi connectivity index (χ0) is 13.2. The van der Waals surface area contributed by atoms with Crippen LogP contribution in [0.2, 0.25) is 11.1 Å². The number of halogens is 1. The summed E-state index contributed by atoms with van der Waals surface area (Å²) >= 11 is 0. The average Bonchev–Trinajstić information content (AvgIpc) is 2.27. The minimum Gasteiger partial charge on any atom is -0.478 e. The van der Waals surface area contributed by atoms with E-state index >= 15 is 4.11 Å². The average molecular weight is 254 g/mol. The second kappa shape index (κ2) is 5.00. The lowest BCUT2D eigenvalue weighted by Crippen LogP contribution is -2.49. The number of carboxylic acids is 1. The maximum Gasteiger partial charge on any atom is 0.335 e. The van der Waals surface area contributed by atoms with E-state index < -0.39 is 14.4 Å². The molecule has 0 saturated heterocycles. The van der Waals surface area contributed by atoms with Crippen LogP contribution in [0.4, 0.5) is 4.11 Å². The summed E-state index contributed by atoms with van der Waals surface area (Å²) in [6.45, 7) is 7.60. The maximum atomic E-state index is 15.1. The third kappa shape index (κ3) is 2.57. The Labute approximate surface area is 103 Å². The SMILES string of the molecule is CC(C)[Si](F)(c1ccc(C(=O)O)cc1)C(C)C. The zero-order valence-electron chi connectivity index (χ0n) is 10.7. The van der Waals surface area contributed by atoms with Crippen LogP contribution in [0.15, 0.2) is 24.3 Å². The lowest BCUT2D eigenvalue weighted by molar-refractivity contribution is 0.0697. The quantitative estimate of drug-likeness (QED) is 0.661. The summed E-state index contributed by atoms with van der Waals surface area (Å²) < 4.78 is 15.1. The first kappa shape index (κ1) is 13.9. The fraction of sp³-hybridized carbons (Fsp3) is 0.462. The number of hydrogen-bond donors (Lipinski definition) is 1. The van der Waals surface area contributed by atoms with Crippen LogP contribution < -0.4 is 5.19 Å². The zero-order valence-corrected chi connectivity index (χ0v) is 11.7. The Bertz CT molecular complexity index is 390. The van der Waals surface area contributed by atoms with Crippen LogP contribution in [0.5, 0.6) is 0 Å². The molecular weight excluding hydrogens is 235 g/mol. The standard InChI is InChI=1S/C13H19FO2Si/c1-9(2)17(14,10(3)4)12-7-5-11(6-8-12)13(15)16/h5-10H,1-4H3,(H,15,16). The van der Waals surface area contributed by atoms with Gasteiger partial charge >= 0.3 is 5.97 Å². The maximum absolute atomic E-state index is 15.1. The minimum absolute atomic E-state index is 0.0156. The van der Waals surface area contributed by atoms with Crippen molar-refractivity contribution in [1.82, 2.24) is 0 Å². The van der Waals surface area contributed by atoms with E-state index in [1.165, 1.54) is 12.1 Å². The van der Waals surface area contributed by atoms with Gasteiger partial charge in [-0.2, -0.15) is 0 Å². The number of aromatic carboxylic acids is 1. The first-order chi connectivity index (χ1) is 7.80. The van der Waals surface area contributed by atoms with E-state index in [-0.39, 0.29) is 16.6 Å². The summed E-state index contributed by atoms with van der Waals surface area (Å²) in [6.07, 6.45) is 0. The summed E-state index contributed by atoms with van der Waals surface area (Å²) in [5.74, 6) is -0.975. The predicted molar refractivity (Wildman–Crippen MR) is 70.1 cm³/mol. The fourth-order valence-electron chi connectivity index (χ4n) is 2.20. The Morgan fingerprint density at radius 3 is 1.82 bits per heavy atom. The molecule has 0 aliphatic heterocycles. The summed E-state index contributed by atoms with van der Waals surface area (Å²) in [6, 6.07) is 6.25. The molecule has 0 aromatic heterocycles. The van der Waals surface area contributed by atoms with Crippen LogP contribution in [0.1, 0.15) is 38.1 Å². The van der Waals surface area contributed by atoms with Crippen molar-refractivity contribution in [1.29, 1.82) is 0 Å². The van der Waals surface area contributed by atoms with Gasteiger partial charge < -0.3 is 9.21 Å². The molecule has 0 radical (unpaired) electrons. The predicted octanol–water partition coefficient (Wildman–Crippen LogP) is 3.33. The molecule has 1 aromatic rings. The first-order valence-electron chi connectivity index (χ1n) is 5.82. The van der Waals surface area contributed by atoms with Crippen molar-refractivity contribution in [2.24, 2.45) is 0 Å². The highest BCUT2D eigenvalue weighted by atomic mass is 28.4. The molecule has 1 aromatic carbocycles. The van der Waals surface area contributed by atoms with Crippen molar-refractivity contribution in [2.75, 3.05) is 0 Å². The Hall–Kier alpha value is -1.16. The molecule has 2 nitrogen and oxygen atoms in total. The molecule has 0 fully saturated rings. The number of rotatable bonds is 4. The van der Waals surface area contributed by atoms with Gasteiger partial charge in [0.1, 0.15) is 0 Å². The highest BCUT2D eigenvalue weighted by molar-refractivity contribution is 6.88. The van der Waals surface area contributed by atoms with E-state index in [4.69, 9.17) is 5.11 Å². The van der Waals surface area contributed by atoms with Crippen molar-refractivity contribution >= 4 is 19.6 Å². The summed E-state index contributed by atoms with van der Waals surface area (Å²) in [7, 11) is -3.03. The van der Waals surface area contributed by atoms with Crippen LogP contribution in [0, 0.1) is 0 Å². The Morgan fingerprint density at radius 1 is 1.12 bits per heavy atom. The minimum atomic E-state index is -3.03. The van der Waals surface area contributed by atoms with Gasteiger partial charge in [-0.3, -0.25) is 0 Å². The van der Waals surface area contributed by atoms with Gasteiger partial charge in [-0.05, 0) is 28.4 Å². The second-order valence-corrected chi connectivity index (χ2v) is 9.38. The first-order valence-corrected chi connectivity index (χ1v) is 7.86. The van der Waals surface area contributed by atoms with Gasteiger partial charge in [0.15, 0.2) is 0 Å². The smallest absolute Gasteiger partial charge is 0.335 e. The topological polar surface area (TPSA) is 37.3 Å². The van der Waals surface area contributed by atoms with E-state index in [1.807, 2.05) is 27.7 Å². The number of carbonyl (C=O) groups is 1. The van der Waals surface area contributed by atoms with E-state index in [2.05, 4.69) is 0 Å². The van der Waals surface area contributed by atoms with Crippen molar-refractivity contribution < 1.29 is 14.0 Å². The van der Waals surface area contributed by atoms with Gasteiger partial charge in [0, 0.05) is 0 Å². The molecule has 0 aliphatic rings. The third-order valence-corrected chi connectivity index (χ3v) is 7.83. The van der Waals surface area contributed by atoms with Gasteiger partial charge in [-0.25, -0.2) is 4.79 Å². The van der Waals surface area contributed by atoms with Crippen LogP contribution in [-0.4, -0.2) is 19.5 Å². The highest BCUT2D eigenvalue weighted by Gasteiger charge is 2.43. The molecule has 0 unspecified atom stereocenters. The molecule has 0 saturated carbocycles. The molecular formula is C13H19FO2Si. The van der Waals surface area contributed by atoms with Gasteiger partial charge in [0.25, 0.3) is 8.41 Å². The number of benzene rings is 1. The molecule has 1 rings (SSSR count). The Kier molecular flexibility index (Phi) is 4.09. The van der Waals surface area contributed by atoms with Gasteiger partial charge in [0.2, 0.25) is 0 Å². The lowest BCUT2D eigenvalue weighted by Gasteiger charge is -2.30. The van der Waals surface area contributed by atoms with Crippen LogP contribution >= 0.6 is 0 Å². The fourth-order valence-corrected chi connectivity index (χ4v) is 5.55. The molecule has 0 atom stereocenters. The molecule has 0 aliphatic carbocycles. The van der Waals surface area contributed by atoms with Gasteiger partial charge in [-0.1, -0.05) is 39.8 Å². The van der Waals surface area contributed by atoms with Crippen molar-refractivity contribution in [3.8, 4) is 0 Å². The summed E-state index contributed by atoms with van der Waals surface area (Å²) in [4.78, 5) is 10.7. The number of carboxylic acid groups (broad SMARTS) is 1. The Morgan fingerprint density at radius 2 is 1.53 bits per heavy atom. The van der Waals surface area contributed by atoms with Crippen LogP contribution in [0.3, 0.4) is 0 Å². The second-order valence-electron chi connectivity index (χ2n) is 4.96. The van der Waals surface area contributed by atoms with Crippen molar-refractivity contribution in [3.05, 3.63) is 29.8 Å². The third-order valence-electron chi connectivity index (χ3n) is 3.25. The van der Waals surface area contributed by atoms with E-state index in [9.17, 15) is 4.79 Å². The lowest BCUT2D eigenvalue weighted by atomic mass is 10.2. The van der Waals surface area contributed by atoms with E-state index in [0.717, 1.165) is 0 Å². The summed E-state index contributed by atoms with van der Waals surface area (Å²) in [5, 5.41) is 9.50. The molecule has 0 amide bonds. The molecule has 0 bridgehead atoms. The molecule has 0 heterocycles. The monoisotopic (exact) mass is 254 g/mol. The highest BCUT2D eigenvalue weighted by Crippen LogP contribution is 2.33. The summed E-state index contributed by atoms with van der Waals surface area (Å²) in [5.41, 5.74) is 0.175. The van der Waals surface area contributed by atoms with E-state index in [1.54, 1.807) is 12.1 Å². The van der Waals surface area contributed by atoms with Crippen molar-refractivity contribution in [2.45, 2.75) is 38.8 Å². The van der Waals surface area contributed by atoms with Crippen LogP contribution in [-0.2, 0) is 0 Å².